The van der Waals surface area contributed by atoms with E-state index in [-0.39, 0.29) is 0 Å². The summed E-state index contributed by atoms with van der Waals surface area (Å²) in [7, 11) is 1.96. The van der Waals surface area contributed by atoms with Gasteiger partial charge < -0.3 is 5.32 Å². The van der Waals surface area contributed by atoms with E-state index in [1.54, 1.807) is 0 Å². The lowest BCUT2D eigenvalue weighted by Crippen LogP contribution is -2.17. The number of benzene rings is 1. The first-order chi connectivity index (χ1) is 7.61. The van der Waals surface area contributed by atoms with Gasteiger partial charge in [-0.3, -0.25) is 0 Å². The van der Waals surface area contributed by atoms with Crippen LogP contribution in [0.1, 0.15) is 41.1 Å². The lowest BCUT2D eigenvalue weighted by atomic mass is 9.92. The number of aryl methyl sites for hydroxylation is 1. The molecule has 0 amide bonds. The SMILES string of the molecule is CNC(CCC#N)c1ccc(C)c(C)c1C. The van der Waals surface area contributed by atoms with Crippen LogP contribution in [-0.4, -0.2) is 7.05 Å². The molecule has 0 aliphatic heterocycles. The molecule has 1 aromatic rings. The van der Waals surface area contributed by atoms with Gasteiger partial charge in [-0.15, -0.1) is 0 Å². The highest BCUT2D eigenvalue weighted by Gasteiger charge is 2.13. The fourth-order valence-corrected chi connectivity index (χ4v) is 2.02. The average molecular weight is 216 g/mol. The van der Waals surface area contributed by atoms with Crippen molar-refractivity contribution in [2.24, 2.45) is 0 Å². The number of nitrogens with zero attached hydrogens (tertiary/aromatic N) is 1. The average Bonchev–Trinajstić information content (AvgIpc) is 2.29. The molecule has 0 spiro atoms. The summed E-state index contributed by atoms with van der Waals surface area (Å²) >= 11 is 0. The van der Waals surface area contributed by atoms with E-state index < -0.39 is 0 Å². The van der Waals surface area contributed by atoms with Crippen LogP contribution in [0.5, 0.6) is 0 Å². The summed E-state index contributed by atoms with van der Waals surface area (Å²) in [4.78, 5) is 0. The van der Waals surface area contributed by atoms with E-state index in [4.69, 9.17) is 5.26 Å². The highest BCUT2D eigenvalue weighted by Crippen LogP contribution is 2.25. The van der Waals surface area contributed by atoms with Gasteiger partial charge in [0.15, 0.2) is 0 Å². The Bertz CT molecular complexity index is 402. The molecule has 0 aliphatic rings. The standard InChI is InChI=1S/C14H20N2/c1-10-7-8-13(12(3)11(10)2)14(16-4)6-5-9-15/h7-8,14,16H,5-6H2,1-4H3. The summed E-state index contributed by atoms with van der Waals surface area (Å²) in [6.07, 6.45) is 1.47. The third-order valence-electron chi connectivity index (χ3n) is 3.37. The first-order valence-corrected chi connectivity index (χ1v) is 5.72. The summed E-state index contributed by atoms with van der Waals surface area (Å²) < 4.78 is 0. The van der Waals surface area contributed by atoms with E-state index in [9.17, 15) is 0 Å². The lowest BCUT2D eigenvalue weighted by molar-refractivity contribution is 0.554. The first kappa shape index (κ1) is 12.7. The molecule has 0 fully saturated rings. The minimum absolute atomic E-state index is 0.291. The Kier molecular flexibility index (Phi) is 4.52. The Labute approximate surface area is 98.3 Å². The van der Waals surface area contributed by atoms with Gasteiger partial charge in [-0.05, 0) is 56.5 Å². The third kappa shape index (κ3) is 2.62. The zero-order valence-corrected chi connectivity index (χ0v) is 10.6. The van der Waals surface area contributed by atoms with Gasteiger partial charge in [0.05, 0.1) is 6.07 Å². The Morgan fingerprint density at radius 1 is 1.25 bits per heavy atom. The first-order valence-electron chi connectivity index (χ1n) is 5.72. The molecule has 1 N–H and O–H groups in total. The van der Waals surface area contributed by atoms with Crippen molar-refractivity contribution < 1.29 is 0 Å². The van der Waals surface area contributed by atoms with Crippen molar-refractivity contribution in [3.63, 3.8) is 0 Å². The maximum absolute atomic E-state index is 8.65. The molecule has 2 nitrogen and oxygen atoms in total. The smallest absolute Gasteiger partial charge is 0.0622 e. The maximum Gasteiger partial charge on any atom is 0.0622 e. The molecule has 0 heterocycles. The van der Waals surface area contributed by atoms with Gasteiger partial charge in [-0.2, -0.15) is 5.26 Å². The zero-order chi connectivity index (χ0) is 12.1. The summed E-state index contributed by atoms with van der Waals surface area (Å²) in [5.41, 5.74) is 5.35. The third-order valence-corrected chi connectivity index (χ3v) is 3.37. The summed E-state index contributed by atoms with van der Waals surface area (Å²) in [6, 6.07) is 6.84. The summed E-state index contributed by atoms with van der Waals surface area (Å²) in [6.45, 7) is 6.45. The van der Waals surface area contributed by atoms with Crippen molar-refractivity contribution in [2.45, 2.75) is 39.7 Å². The number of hydrogen-bond acceptors (Lipinski definition) is 2. The number of hydrogen-bond donors (Lipinski definition) is 1. The van der Waals surface area contributed by atoms with Gasteiger partial charge in [0, 0.05) is 12.5 Å². The van der Waals surface area contributed by atoms with Gasteiger partial charge in [0.1, 0.15) is 0 Å². The highest BCUT2D eigenvalue weighted by atomic mass is 14.9. The molecule has 0 bridgehead atoms. The Balaban J connectivity index is 3.02. The minimum Gasteiger partial charge on any atom is -0.313 e. The van der Waals surface area contributed by atoms with Crippen LogP contribution in [0.25, 0.3) is 0 Å². The Hall–Kier alpha value is -1.33. The van der Waals surface area contributed by atoms with E-state index in [2.05, 4.69) is 44.3 Å². The second kappa shape index (κ2) is 5.67. The predicted molar refractivity (Wildman–Crippen MR) is 67.3 cm³/mol. The minimum atomic E-state index is 0.291. The van der Waals surface area contributed by atoms with Crippen LogP contribution in [-0.2, 0) is 0 Å². The van der Waals surface area contributed by atoms with Gasteiger partial charge in [0.2, 0.25) is 0 Å². The van der Waals surface area contributed by atoms with Crippen molar-refractivity contribution in [1.29, 1.82) is 5.26 Å². The van der Waals surface area contributed by atoms with Crippen molar-refractivity contribution >= 4 is 0 Å². The van der Waals surface area contributed by atoms with Crippen molar-refractivity contribution in [2.75, 3.05) is 7.05 Å². The largest absolute Gasteiger partial charge is 0.313 e. The van der Waals surface area contributed by atoms with E-state index in [1.165, 1.54) is 22.3 Å². The van der Waals surface area contributed by atoms with E-state index in [0.29, 0.717) is 12.5 Å². The van der Waals surface area contributed by atoms with Crippen molar-refractivity contribution in [3.05, 3.63) is 34.4 Å². The molecular formula is C14H20N2. The van der Waals surface area contributed by atoms with Gasteiger partial charge in [-0.1, -0.05) is 12.1 Å². The van der Waals surface area contributed by atoms with E-state index in [1.807, 2.05) is 7.05 Å². The summed E-state index contributed by atoms with van der Waals surface area (Å²) in [5, 5.41) is 11.9. The molecule has 1 aromatic carbocycles. The Morgan fingerprint density at radius 3 is 2.50 bits per heavy atom. The maximum atomic E-state index is 8.65. The quantitative estimate of drug-likeness (QED) is 0.839. The van der Waals surface area contributed by atoms with Crippen LogP contribution in [0.2, 0.25) is 0 Å². The second-order valence-electron chi connectivity index (χ2n) is 4.26. The number of rotatable bonds is 4. The van der Waals surface area contributed by atoms with Crippen LogP contribution in [0.3, 0.4) is 0 Å². The summed E-state index contributed by atoms with van der Waals surface area (Å²) in [5.74, 6) is 0. The molecular weight excluding hydrogens is 196 g/mol. The van der Waals surface area contributed by atoms with Crippen LogP contribution in [0, 0.1) is 32.1 Å². The number of nitrogens with one attached hydrogen (secondary N) is 1. The molecule has 16 heavy (non-hydrogen) atoms. The van der Waals surface area contributed by atoms with Crippen LogP contribution >= 0.6 is 0 Å². The molecule has 1 atom stereocenters. The van der Waals surface area contributed by atoms with Gasteiger partial charge in [0.25, 0.3) is 0 Å². The fourth-order valence-electron chi connectivity index (χ4n) is 2.02. The molecule has 0 saturated heterocycles. The topological polar surface area (TPSA) is 35.8 Å². The highest BCUT2D eigenvalue weighted by molar-refractivity contribution is 5.40. The van der Waals surface area contributed by atoms with Crippen LogP contribution in [0.15, 0.2) is 12.1 Å². The molecule has 0 saturated carbocycles. The van der Waals surface area contributed by atoms with Crippen LogP contribution in [0.4, 0.5) is 0 Å². The molecule has 0 aromatic heterocycles. The lowest BCUT2D eigenvalue weighted by Gasteiger charge is -2.20. The van der Waals surface area contributed by atoms with Gasteiger partial charge >= 0.3 is 0 Å². The Morgan fingerprint density at radius 2 is 1.94 bits per heavy atom. The second-order valence-corrected chi connectivity index (χ2v) is 4.26. The number of nitriles is 1. The molecule has 0 aliphatic carbocycles. The molecule has 1 unspecified atom stereocenters. The van der Waals surface area contributed by atoms with Crippen LogP contribution < -0.4 is 5.32 Å². The monoisotopic (exact) mass is 216 g/mol. The molecule has 1 rings (SSSR count). The van der Waals surface area contributed by atoms with E-state index >= 15 is 0 Å². The predicted octanol–water partition coefficient (Wildman–Crippen LogP) is 3.18. The van der Waals surface area contributed by atoms with E-state index in [0.717, 1.165) is 6.42 Å². The molecule has 2 heteroatoms. The normalized spacial score (nSPS) is 12.2. The fraction of sp³-hybridized carbons (Fsp3) is 0.500. The van der Waals surface area contributed by atoms with Crippen molar-refractivity contribution in [1.82, 2.24) is 5.32 Å². The van der Waals surface area contributed by atoms with Crippen molar-refractivity contribution in [3.8, 4) is 6.07 Å². The zero-order valence-electron chi connectivity index (χ0n) is 10.6. The van der Waals surface area contributed by atoms with Gasteiger partial charge in [-0.25, -0.2) is 0 Å². The molecule has 86 valence electrons. The molecule has 0 radical (unpaired) electrons.